The third-order valence-corrected chi connectivity index (χ3v) is 2.24. The Morgan fingerprint density at radius 2 is 2.06 bits per heavy atom. The van der Waals surface area contributed by atoms with Gasteiger partial charge in [-0.1, -0.05) is 0 Å². The number of ether oxygens (including phenoxy) is 3. The second kappa shape index (κ2) is 7.48. The fourth-order valence-corrected chi connectivity index (χ4v) is 1.44. The lowest BCUT2D eigenvalue weighted by atomic mass is 10.4. The molecule has 7 nitrogen and oxygen atoms in total. The van der Waals surface area contributed by atoms with Gasteiger partial charge in [0.1, 0.15) is 19.8 Å². The molecule has 0 aromatic carbocycles. The maximum atomic E-state index is 11.2. The van der Waals surface area contributed by atoms with Gasteiger partial charge in [-0.05, 0) is 6.42 Å². The van der Waals surface area contributed by atoms with Crippen LogP contribution in [0.2, 0.25) is 0 Å². The number of nitrogens with zero attached hydrogens (tertiary/aromatic N) is 1. The van der Waals surface area contributed by atoms with Crippen LogP contribution in [0.4, 0.5) is 4.79 Å². The van der Waals surface area contributed by atoms with E-state index in [4.69, 9.17) is 4.74 Å². The van der Waals surface area contributed by atoms with Crippen molar-refractivity contribution in [3.05, 3.63) is 0 Å². The van der Waals surface area contributed by atoms with Crippen LogP contribution in [-0.2, 0) is 23.8 Å². The molecule has 0 aromatic heterocycles. The lowest BCUT2D eigenvalue weighted by Crippen LogP contribution is -2.29. The molecule has 17 heavy (non-hydrogen) atoms. The summed E-state index contributed by atoms with van der Waals surface area (Å²) < 4.78 is 13.6. The van der Waals surface area contributed by atoms with Gasteiger partial charge in [-0.2, -0.15) is 0 Å². The summed E-state index contributed by atoms with van der Waals surface area (Å²) in [6.07, 6.45) is 0.589. The van der Waals surface area contributed by atoms with Crippen LogP contribution in [0.25, 0.3) is 0 Å². The van der Waals surface area contributed by atoms with E-state index in [2.05, 4.69) is 9.47 Å². The zero-order valence-corrected chi connectivity index (χ0v) is 9.42. The molecule has 1 amide bonds. The number of carbonyl (C=O) groups excluding carboxylic acids is 3. The first-order valence-electron chi connectivity index (χ1n) is 5.36. The number of hydrogen-bond acceptors (Lipinski definition) is 6. The maximum absolute atomic E-state index is 11.2. The van der Waals surface area contributed by atoms with E-state index in [0.717, 1.165) is 6.42 Å². The van der Waals surface area contributed by atoms with Crippen molar-refractivity contribution in [2.45, 2.75) is 12.8 Å². The Bertz CT molecular complexity index is 280. The highest BCUT2D eigenvalue weighted by atomic mass is 16.7. The Hall–Kier alpha value is -1.79. The number of rotatable bonds is 7. The predicted octanol–water partition coefficient (Wildman–Crippen LogP) is -0.0650. The fourth-order valence-electron chi connectivity index (χ4n) is 1.44. The van der Waals surface area contributed by atoms with E-state index < -0.39 is 6.16 Å². The molecule has 0 bridgehead atoms. The van der Waals surface area contributed by atoms with Gasteiger partial charge in [0.15, 0.2) is 0 Å². The van der Waals surface area contributed by atoms with Gasteiger partial charge < -0.3 is 19.1 Å². The molecule has 0 unspecified atom stereocenters. The average Bonchev–Trinajstić information content (AvgIpc) is 2.71. The summed E-state index contributed by atoms with van der Waals surface area (Å²) in [6, 6.07) is 0. The Kier molecular flexibility index (Phi) is 5.84. The van der Waals surface area contributed by atoms with Crippen LogP contribution in [-0.4, -0.2) is 56.3 Å². The molecule has 0 saturated carbocycles. The van der Waals surface area contributed by atoms with Gasteiger partial charge in [0.2, 0.25) is 5.91 Å². The monoisotopic (exact) mass is 245 g/mol. The van der Waals surface area contributed by atoms with Gasteiger partial charge in [0.05, 0.1) is 6.54 Å². The summed E-state index contributed by atoms with van der Waals surface area (Å²) in [5.41, 5.74) is 0. The predicted molar refractivity (Wildman–Crippen MR) is 55.1 cm³/mol. The third-order valence-electron chi connectivity index (χ3n) is 2.24. The highest BCUT2D eigenvalue weighted by Crippen LogP contribution is 2.08. The van der Waals surface area contributed by atoms with Crippen LogP contribution in [0.15, 0.2) is 0 Å². The van der Waals surface area contributed by atoms with E-state index in [9.17, 15) is 14.4 Å². The number of amides is 1. The Labute approximate surface area is 98.6 Å². The molecule has 1 heterocycles. The molecule has 0 aromatic rings. The molecule has 0 radical (unpaired) electrons. The lowest BCUT2D eigenvalue weighted by Gasteiger charge is -2.14. The smallest absolute Gasteiger partial charge is 0.464 e. The van der Waals surface area contributed by atoms with Gasteiger partial charge in [-0.3, -0.25) is 9.59 Å². The van der Waals surface area contributed by atoms with E-state index in [1.165, 1.54) is 0 Å². The van der Waals surface area contributed by atoms with Crippen molar-refractivity contribution in [3.8, 4) is 0 Å². The largest absolute Gasteiger partial charge is 0.508 e. The lowest BCUT2D eigenvalue weighted by molar-refractivity contribution is -0.129. The number of hydrogen-bond donors (Lipinski definition) is 0. The summed E-state index contributed by atoms with van der Waals surface area (Å²) in [4.78, 5) is 33.6. The van der Waals surface area contributed by atoms with Gasteiger partial charge in [0, 0.05) is 13.0 Å². The zero-order valence-electron chi connectivity index (χ0n) is 9.42. The summed E-state index contributed by atoms with van der Waals surface area (Å²) in [5, 5.41) is 0. The summed E-state index contributed by atoms with van der Waals surface area (Å²) >= 11 is 0. The van der Waals surface area contributed by atoms with Crippen LogP contribution >= 0.6 is 0 Å². The summed E-state index contributed by atoms with van der Waals surface area (Å²) in [5.74, 6) is 0.0846. The van der Waals surface area contributed by atoms with Crippen molar-refractivity contribution in [1.82, 2.24) is 4.90 Å². The molecule has 7 heteroatoms. The van der Waals surface area contributed by atoms with Crippen LogP contribution in [0, 0.1) is 0 Å². The van der Waals surface area contributed by atoms with Gasteiger partial charge in [-0.15, -0.1) is 0 Å². The molecule has 0 N–H and O–H groups in total. The van der Waals surface area contributed by atoms with E-state index in [1.54, 1.807) is 4.90 Å². The molecule has 1 fully saturated rings. The first-order chi connectivity index (χ1) is 8.24. The van der Waals surface area contributed by atoms with Gasteiger partial charge in [-0.25, -0.2) is 4.79 Å². The van der Waals surface area contributed by atoms with Crippen molar-refractivity contribution in [2.24, 2.45) is 0 Å². The van der Waals surface area contributed by atoms with E-state index in [0.29, 0.717) is 19.5 Å². The van der Waals surface area contributed by atoms with Crippen LogP contribution in [0.5, 0.6) is 0 Å². The Morgan fingerprint density at radius 1 is 1.29 bits per heavy atom. The minimum Gasteiger partial charge on any atom is -0.464 e. The molecule has 1 rings (SSSR count). The molecule has 96 valence electrons. The molecular formula is C10H15NO6. The van der Waals surface area contributed by atoms with E-state index >= 15 is 0 Å². The highest BCUT2D eigenvalue weighted by Gasteiger charge is 2.19. The first-order valence-corrected chi connectivity index (χ1v) is 5.36. The summed E-state index contributed by atoms with van der Waals surface area (Å²) in [6.45, 7) is 1.44. The molecule has 0 aliphatic carbocycles. The molecular weight excluding hydrogens is 230 g/mol. The van der Waals surface area contributed by atoms with Crippen molar-refractivity contribution >= 4 is 18.5 Å². The second-order valence-corrected chi connectivity index (χ2v) is 3.40. The van der Waals surface area contributed by atoms with Crippen molar-refractivity contribution in [1.29, 1.82) is 0 Å². The van der Waals surface area contributed by atoms with E-state index in [1.807, 2.05) is 0 Å². The first kappa shape index (κ1) is 13.3. The third kappa shape index (κ3) is 5.19. The molecule has 0 atom stereocenters. The van der Waals surface area contributed by atoms with Gasteiger partial charge in [0.25, 0.3) is 6.47 Å². The molecule has 1 saturated heterocycles. The zero-order chi connectivity index (χ0) is 12.5. The maximum Gasteiger partial charge on any atom is 0.508 e. The highest BCUT2D eigenvalue weighted by molar-refractivity contribution is 5.78. The summed E-state index contributed by atoms with van der Waals surface area (Å²) in [7, 11) is 0. The Morgan fingerprint density at radius 3 is 2.71 bits per heavy atom. The van der Waals surface area contributed by atoms with Gasteiger partial charge >= 0.3 is 6.16 Å². The average molecular weight is 245 g/mol. The van der Waals surface area contributed by atoms with Crippen LogP contribution < -0.4 is 0 Å². The minimum atomic E-state index is -0.828. The SMILES string of the molecule is O=COCCOC(=O)OCCN1CCCC1=O. The second-order valence-electron chi connectivity index (χ2n) is 3.40. The Balaban J connectivity index is 1.99. The molecule has 1 aliphatic rings. The van der Waals surface area contributed by atoms with Crippen molar-refractivity contribution < 1.29 is 28.6 Å². The molecule has 1 aliphatic heterocycles. The topological polar surface area (TPSA) is 82.1 Å². The number of likely N-dealkylation sites (tertiary alicyclic amines) is 1. The standard InChI is InChI=1S/C10H15NO6/c12-8-15-6-7-17-10(14)16-5-4-11-3-1-2-9(11)13/h8H,1-7H2. The van der Waals surface area contributed by atoms with Crippen molar-refractivity contribution in [2.75, 3.05) is 32.9 Å². The van der Waals surface area contributed by atoms with Crippen molar-refractivity contribution in [3.63, 3.8) is 0 Å². The fraction of sp³-hybridized carbons (Fsp3) is 0.700. The molecule has 0 spiro atoms. The number of carbonyl (C=O) groups is 3. The minimum absolute atomic E-state index is 0.00319. The van der Waals surface area contributed by atoms with E-state index in [-0.39, 0.29) is 32.2 Å². The van der Waals surface area contributed by atoms with Crippen LogP contribution in [0.1, 0.15) is 12.8 Å². The van der Waals surface area contributed by atoms with Crippen LogP contribution in [0.3, 0.4) is 0 Å². The normalized spacial score (nSPS) is 14.6. The quantitative estimate of drug-likeness (QED) is 0.355.